The van der Waals surface area contributed by atoms with Crippen molar-refractivity contribution in [3.05, 3.63) is 29.6 Å². The van der Waals surface area contributed by atoms with E-state index in [0.717, 1.165) is 38.4 Å². The molecule has 5 nitrogen and oxygen atoms in total. The summed E-state index contributed by atoms with van der Waals surface area (Å²) < 4.78 is 0. The first-order valence-electron chi connectivity index (χ1n) is 7.24. The van der Waals surface area contributed by atoms with Gasteiger partial charge >= 0.3 is 5.97 Å². The van der Waals surface area contributed by atoms with Crippen molar-refractivity contribution in [3.63, 3.8) is 0 Å². The number of aromatic carboxylic acids is 1. The maximum Gasteiger partial charge on any atom is 0.337 e. The number of carbonyl (C=O) groups is 1. The first-order valence-corrected chi connectivity index (χ1v) is 7.24. The predicted molar refractivity (Wildman–Crippen MR) is 77.8 cm³/mol. The van der Waals surface area contributed by atoms with Crippen LogP contribution in [0.15, 0.2) is 18.3 Å². The summed E-state index contributed by atoms with van der Waals surface area (Å²) in [6, 6.07) is 4.09. The van der Waals surface area contributed by atoms with E-state index in [-0.39, 0.29) is 5.56 Å². The van der Waals surface area contributed by atoms with Gasteiger partial charge in [-0.05, 0) is 25.5 Å². The van der Waals surface area contributed by atoms with Gasteiger partial charge in [0.2, 0.25) is 0 Å². The maximum atomic E-state index is 10.8. The lowest BCUT2D eigenvalue weighted by molar-refractivity contribution is 0.0696. The Bertz CT molecular complexity index is 439. The van der Waals surface area contributed by atoms with Crippen LogP contribution in [0.4, 0.5) is 0 Å². The molecule has 2 rings (SSSR count). The van der Waals surface area contributed by atoms with E-state index in [1.54, 1.807) is 6.07 Å². The van der Waals surface area contributed by atoms with Crippen LogP contribution < -0.4 is 0 Å². The minimum atomic E-state index is -0.925. The van der Waals surface area contributed by atoms with Crippen LogP contribution in [-0.2, 0) is 6.54 Å². The van der Waals surface area contributed by atoms with Gasteiger partial charge in [-0.25, -0.2) is 4.79 Å². The summed E-state index contributed by atoms with van der Waals surface area (Å²) in [7, 11) is 0. The average Bonchev–Trinajstić information content (AvgIpc) is 2.48. The van der Waals surface area contributed by atoms with E-state index in [9.17, 15) is 4.79 Å². The van der Waals surface area contributed by atoms with Crippen molar-refractivity contribution in [3.8, 4) is 0 Å². The van der Waals surface area contributed by atoms with E-state index >= 15 is 0 Å². The summed E-state index contributed by atoms with van der Waals surface area (Å²) in [6.07, 6.45) is 2.63. The van der Waals surface area contributed by atoms with Gasteiger partial charge in [0.15, 0.2) is 0 Å². The molecule has 1 atom stereocenters. The highest BCUT2D eigenvalue weighted by Crippen LogP contribution is 2.11. The van der Waals surface area contributed by atoms with E-state index in [0.29, 0.717) is 6.04 Å². The summed E-state index contributed by atoms with van der Waals surface area (Å²) in [6.45, 7) is 9.60. The van der Waals surface area contributed by atoms with Crippen LogP contribution in [0.1, 0.15) is 36.3 Å². The molecule has 110 valence electrons. The third-order valence-electron chi connectivity index (χ3n) is 4.08. The van der Waals surface area contributed by atoms with Crippen LogP contribution >= 0.6 is 0 Å². The first kappa shape index (κ1) is 14.9. The topological polar surface area (TPSA) is 56.7 Å². The highest BCUT2D eigenvalue weighted by atomic mass is 16.4. The van der Waals surface area contributed by atoms with Gasteiger partial charge in [-0.1, -0.05) is 6.92 Å². The standard InChI is InChI=1S/C15H23N3O2/c1-3-12(2)18-8-6-17(7-9-18)11-14-5-4-13(10-16-14)15(19)20/h4-5,10,12H,3,6-9,11H2,1-2H3,(H,19,20). The minimum absolute atomic E-state index is 0.246. The average molecular weight is 277 g/mol. The molecule has 0 radical (unpaired) electrons. The van der Waals surface area contributed by atoms with Gasteiger partial charge in [0.1, 0.15) is 0 Å². The molecule has 20 heavy (non-hydrogen) atoms. The van der Waals surface area contributed by atoms with Gasteiger partial charge in [0.05, 0.1) is 11.3 Å². The molecule has 1 aromatic rings. The zero-order valence-corrected chi connectivity index (χ0v) is 12.2. The number of pyridine rings is 1. The molecule has 0 spiro atoms. The van der Waals surface area contributed by atoms with E-state index in [4.69, 9.17) is 5.11 Å². The van der Waals surface area contributed by atoms with Crippen molar-refractivity contribution in [2.24, 2.45) is 0 Å². The van der Waals surface area contributed by atoms with Crippen molar-refractivity contribution in [2.45, 2.75) is 32.9 Å². The second kappa shape index (κ2) is 6.81. The van der Waals surface area contributed by atoms with E-state index < -0.39 is 5.97 Å². The molecular weight excluding hydrogens is 254 g/mol. The Labute approximate surface area is 120 Å². The minimum Gasteiger partial charge on any atom is -0.478 e. The van der Waals surface area contributed by atoms with E-state index in [2.05, 4.69) is 28.6 Å². The molecule has 0 amide bonds. The van der Waals surface area contributed by atoms with Gasteiger partial charge in [-0.15, -0.1) is 0 Å². The van der Waals surface area contributed by atoms with Gasteiger partial charge in [-0.2, -0.15) is 0 Å². The maximum absolute atomic E-state index is 10.8. The molecule has 1 N–H and O–H groups in total. The molecule has 1 saturated heterocycles. The Morgan fingerprint density at radius 1 is 1.35 bits per heavy atom. The largest absolute Gasteiger partial charge is 0.478 e. The van der Waals surface area contributed by atoms with E-state index in [1.807, 2.05) is 6.07 Å². The molecular formula is C15H23N3O2. The van der Waals surface area contributed by atoms with Crippen molar-refractivity contribution in [1.29, 1.82) is 0 Å². The molecule has 0 aliphatic carbocycles. The second-order valence-electron chi connectivity index (χ2n) is 5.41. The predicted octanol–water partition coefficient (Wildman–Crippen LogP) is 1.70. The van der Waals surface area contributed by atoms with Crippen LogP contribution in [0.3, 0.4) is 0 Å². The smallest absolute Gasteiger partial charge is 0.337 e. The molecule has 2 heterocycles. The van der Waals surface area contributed by atoms with Gasteiger partial charge < -0.3 is 5.11 Å². The summed E-state index contributed by atoms with van der Waals surface area (Å²) in [5.74, 6) is -0.925. The number of hydrogen-bond donors (Lipinski definition) is 1. The highest BCUT2D eigenvalue weighted by molar-refractivity contribution is 5.87. The zero-order chi connectivity index (χ0) is 14.5. The monoisotopic (exact) mass is 277 g/mol. The van der Waals surface area contributed by atoms with Crippen LogP contribution in [-0.4, -0.2) is 58.1 Å². The molecule has 0 saturated carbocycles. The number of rotatable bonds is 5. The van der Waals surface area contributed by atoms with Crippen LogP contribution in [0.2, 0.25) is 0 Å². The number of carboxylic acid groups (broad SMARTS) is 1. The molecule has 1 aromatic heterocycles. The summed E-state index contributed by atoms with van der Waals surface area (Å²) in [4.78, 5) is 19.9. The Hall–Kier alpha value is -1.46. The number of carboxylic acids is 1. The van der Waals surface area contributed by atoms with Crippen LogP contribution in [0, 0.1) is 0 Å². The lowest BCUT2D eigenvalue weighted by Crippen LogP contribution is -2.49. The normalized spacial score (nSPS) is 18.9. The molecule has 5 heteroatoms. The summed E-state index contributed by atoms with van der Waals surface area (Å²) in [5, 5.41) is 8.85. The fourth-order valence-electron chi connectivity index (χ4n) is 2.49. The highest BCUT2D eigenvalue weighted by Gasteiger charge is 2.20. The lowest BCUT2D eigenvalue weighted by Gasteiger charge is -2.37. The van der Waals surface area contributed by atoms with Crippen molar-refractivity contribution in [1.82, 2.24) is 14.8 Å². The summed E-state index contributed by atoms with van der Waals surface area (Å²) >= 11 is 0. The Balaban J connectivity index is 1.84. The number of piperazine rings is 1. The second-order valence-corrected chi connectivity index (χ2v) is 5.41. The van der Waals surface area contributed by atoms with E-state index in [1.165, 1.54) is 12.6 Å². The number of aromatic nitrogens is 1. The molecule has 1 aliphatic rings. The fourth-order valence-corrected chi connectivity index (χ4v) is 2.49. The third-order valence-corrected chi connectivity index (χ3v) is 4.08. The van der Waals surface area contributed by atoms with Crippen LogP contribution in [0.5, 0.6) is 0 Å². The molecule has 0 bridgehead atoms. The Morgan fingerprint density at radius 3 is 2.55 bits per heavy atom. The summed E-state index contributed by atoms with van der Waals surface area (Å²) in [5.41, 5.74) is 1.18. The van der Waals surface area contributed by atoms with Crippen LogP contribution in [0.25, 0.3) is 0 Å². The molecule has 0 aromatic carbocycles. The van der Waals surface area contributed by atoms with Gasteiger partial charge in [0, 0.05) is 45.0 Å². The zero-order valence-electron chi connectivity index (χ0n) is 12.2. The fraction of sp³-hybridized carbons (Fsp3) is 0.600. The van der Waals surface area contributed by atoms with Gasteiger partial charge in [0.25, 0.3) is 0 Å². The van der Waals surface area contributed by atoms with Crippen molar-refractivity contribution in [2.75, 3.05) is 26.2 Å². The SMILES string of the molecule is CCC(C)N1CCN(Cc2ccc(C(=O)O)cn2)CC1. The molecule has 1 aliphatic heterocycles. The number of nitrogens with zero attached hydrogens (tertiary/aromatic N) is 3. The Morgan fingerprint density at radius 2 is 2.05 bits per heavy atom. The quantitative estimate of drug-likeness (QED) is 0.887. The Kier molecular flexibility index (Phi) is 5.09. The molecule has 1 fully saturated rings. The van der Waals surface area contributed by atoms with Gasteiger partial charge in [-0.3, -0.25) is 14.8 Å². The third kappa shape index (κ3) is 3.77. The van der Waals surface area contributed by atoms with Crippen molar-refractivity contribution >= 4 is 5.97 Å². The first-order chi connectivity index (χ1) is 9.60. The molecule has 1 unspecified atom stereocenters. The number of hydrogen-bond acceptors (Lipinski definition) is 4. The van der Waals surface area contributed by atoms with Crippen molar-refractivity contribution < 1.29 is 9.90 Å². The lowest BCUT2D eigenvalue weighted by atomic mass is 10.2.